The van der Waals surface area contributed by atoms with Gasteiger partial charge in [-0.15, -0.1) is 0 Å². The summed E-state index contributed by atoms with van der Waals surface area (Å²) in [5.74, 6) is 0.599. The standard InChI is InChI=1S/C11H16N2O/c1-12-11(10-4-7-14-8-10)9-2-5-13-6-3-9/h2-3,5-6,10-12H,4,7-8H2,1H3. The fourth-order valence-electron chi connectivity index (χ4n) is 2.06. The van der Waals surface area contributed by atoms with Crippen molar-refractivity contribution < 1.29 is 4.74 Å². The largest absolute Gasteiger partial charge is 0.381 e. The van der Waals surface area contributed by atoms with Gasteiger partial charge in [-0.3, -0.25) is 4.98 Å². The molecule has 1 aliphatic heterocycles. The molecule has 3 heteroatoms. The zero-order valence-corrected chi connectivity index (χ0v) is 8.44. The first-order valence-corrected chi connectivity index (χ1v) is 5.06. The van der Waals surface area contributed by atoms with E-state index in [-0.39, 0.29) is 0 Å². The molecule has 1 saturated heterocycles. The number of nitrogens with zero attached hydrogens (tertiary/aromatic N) is 1. The highest BCUT2D eigenvalue weighted by atomic mass is 16.5. The van der Waals surface area contributed by atoms with Crippen LogP contribution in [0.2, 0.25) is 0 Å². The van der Waals surface area contributed by atoms with Crippen LogP contribution in [0, 0.1) is 5.92 Å². The Labute approximate surface area is 84.5 Å². The van der Waals surface area contributed by atoms with Crippen LogP contribution in [0.25, 0.3) is 0 Å². The first-order valence-electron chi connectivity index (χ1n) is 5.06. The summed E-state index contributed by atoms with van der Waals surface area (Å²) in [6.45, 7) is 1.77. The zero-order chi connectivity index (χ0) is 9.80. The van der Waals surface area contributed by atoms with Gasteiger partial charge < -0.3 is 10.1 Å². The van der Waals surface area contributed by atoms with Gasteiger partial charge in [0.2, 0.25) is 0 Å². The molecule has 2 rings (SSSR count). The SMILES string of the molecule is CNC(c1ccncc1)C1CCOC1. The van der Waals surface area contributed by atoms with Crippen molar-refractivity contribution in [1.82, 2.24) is 10.3 Å². The van der Waals surface area contributed by atoms with Crippen molar-refractivity contribution in [3.8, 4) is 0 Å². The number of pyridine rings is 1. The minimum Gasteiger partial charge on any atom is -0.381 e. The van der Waals surface area contributed by atoms with E-state index >= 15 is 0 Å². The molecular weight excluding hydrogens is 176 g/mol. The molecule has 0 spiro atoms. The minimum absolute atomic E-state index is 0.403. The van der Waals surface area contributed by atoms with Crippen molar-refractivity contribution in [3.05, 3.63) is 30.1 Å². The summed E-state index contributed by atoms with van der Waals surface area (Å²) >= 11 is 0. The second-order valence-electron chi connectivity index (χ2n) is 3.67. The Hall–Kier alpha value is -0.930. The van der Waals surface area contributed by atoms with Gasteiger partial charge in [0.1, 0.15) is 0 Å². The number of rotatable bonds is 3. The van der Waals surface area contributed by atoms with Gasteiger partial charge in [0.25, 0.3) is 0 Å². The van der Waals surface area contributed by atoms with Gasteiger partial charge in [-0.1, -0.05) is 0 Å². The molecule has 0 amide bonds. The molecule has 0 aliphatic carbocycles. The van der Waals surface area contributed by atoms with Crippen LogP contribution in [0.1, 0.15) is 18.0 Å². The molecule has 1 aliphatic rings. The molecule has 3 nitrogen and oxygen atoms in total. The summed E-state index contributed by atoms with van der Waals surface area (Å²) in [5.41, 5.74) is 1.30. The van der Waals surface area contributed by atoms with Crippen LogP contribution in [0.15, 0.2) is 24.5 Å². The Bertz CT molecular complexity index is 270. The molecule has 1 aromatic rings. The van der Waals surface area contributed by atoms with Crippen molar-refractivity contribution in [3.63, 3.8) is 0 Å². The minimum atomic E-state index is 0.403. The lowest BCUT2D eigenvalue weighted by molar-refractivity contribution is 0.178. The molecule has 1 fully saturated rings. The quantitative estimate of drug-likeness (QED) is 0.785. The van der Waals surface area contributed by atoms with Gasteiger partial charge >= 0.3 is 0 Å². The average molecular weight is 192 g/mol. The van der Waals surface area contributed by atoms with E-state index in [1.165, 1.54) is 5.56 Å². The average Bonchev–Trinajstić information content (AvgIpc) is 2.74. The van der Waals surface area contributed by atoms with Gasteiger partial charge in [-0.2, -0.15) is 0 Å². The molecule has 76 valence electrons. The third kappa shape index (κ3) is 1.94. The Kier molecular flexibility index (Phi) is 3.11. The van der Waals surface area contributed by atoms with Crippen molar-refractivity contribution in [2.24, 2.45) is 5.92 Å². The normalized spacial score (nSPS) is 23.6. The van der Waals surface area contributed by atoms with E-state index in [0.717, 1.165) is 19.6 Å². The van der Waals surface area contributed by atoms with E-state index in [0.29, 0.717) is 12.0 Å². The lowest BCUT2D eigenvalue weighted by atomic mass is 9.93. The molecule has 0 bridgehead atoms. The highest BCUT2D eigenvalue weighted by molar-refractivity contribution is 5.16. The summed E-state index contributed by atoms with van der Waals surface area (Å²) in [6, 6.07) is 4.54. The first-order chi connectivity index (χ1) is 6.92. The van der Waals surface area contributed by atoms with Crippen LogP contribution < -0.4 is 5.32 Å². The third-order valence-corrected chi connectivity index (χ3v) is 2.81. The molecule has 0 saturated carbocycles. The van der Waals surface area contributed by atoms with Crippen molar-refractivity contribution in [2.45, 2.75) is 12.5 Å². The van der Waals surface area contributed by atoms with Crippen LogP contribution in [0.5, 0.6) is 0 Å². The maximum Gasteiger partial charge on any atom is 0.0513 e. The Morgan fingerprint density at radius 1 is 1.50 bits per heavy atom. The van der Waals surface area contributed by atoms with Crippen molar-refractivity contribution in [2.75, 3.05) is 20.3 Å². The van der Waals surface area contributed by atoms with Gasteiger partial charge in [0.15, 0.2) is 0 Å². The monoisotopic (exact) mass is 192 g/mol. The van der Waals surface area contributed by atoms with E-state index in [1.807, 2.05) is 19.4 Å². The number of ether oxygens (including phenoxy) is 1. The topological polar surface area (TPSA) is 34.2 Å². The smallest absolute Gasteiger partial charge is 0.0513 e. The Morgan fingerprint density at radius 2 is 2.29 bits per heavy atom. The molecule has 1 aromatic heterocycles. The molecule has 2 heterocycles. The summed E-state index contributed by atoms with van der Waals surface area (Å²) < 4.78 is 5.41. The number of hydrogen-bond acceptors (Lipinski definition) is 3. The van der Waals surface area contributed by atoms with Crippen LogP contribution in [0.3, 0.4) is 0 Å². The Balaban J connectivity index is 2.12. The van der Waals surface area contributed by atoms with Crippen LogP contribution in [0.4, 0.5) is 0 Å². The molecule has 1 N–H and O–H groups in total. The molecule has 2 unspecified atom stereocenters. The fourth-order valence-corrected chi connectivity index (χ4v) is 2.06. The van der Waals surface area contributed by atoms with E-state index < -0.39 is 0 Å². The predicted octanol–water partition coefficient (Wildman–Crippen LogP) is 1.38. The zero-order valence-electron chi connectivity index (χ0n) is 8.44. The molecule has 14 heavy (non-hydrogen) atoms. The third-order valence-electron chi connectivity index (χ3n) is 2.81. The predicted molar refractivity (Wildman–Crippen MR) is 55.0 cm³/mol. The number of aromatic nitrogens is 1. The van der Waals surface area contributed by atoms with E-state index in [9.17, 15) is 0 Å². The second kappa shape index (κ2) is 4.53. The lowest BCUT2D eigenvalue weighted by Gasteiger charge is -2.21. The number of nitrogens with one attached hydrogen (secondary N) is 1. The molecule has 0 aromatic carbocycles. The van der Waals surface area contributed by atoms with E-state index in [4.69, 9.17) is 4.74 Å². The maximum absolute atomic E-state index is 5.41. The Morgan fingerprint density at radius 3 is 2.86 bits per heavy atom. The van der Waals surface area contributed by atoms with Gasteiger partial charge in [-0.05, 0) is 31.2 Å². The highest BCUT2D eigenvalue weighted by Gasteiger charge is 2.25. The van der Waals surface area contributed by atoms with Crippen LogP contribution in [-0.2, 0) is 4.74 Å². The fraction of sp³-hybridized carbons (Fsp3) is 0.545. The summed E-state index contributed by atoms with van der Waals surface area (Å²) in [5, 5.41) is 3.35. The molecule has 0 radical (unpaired) electrons. The first kappa shape index (κ1) is 9.62. The van der Waals surface area contributed by atoms with Gasteiger partial charge in [0.05, 0.1) is 6.61 Å². The van der Waals surface area contributed by atoms with Crippen LogP contribution in [-0.4, -0.2) is 25.2 Å². The number of hydrogen-bond donors (Lipinski definition) is 1. The van der Waals surface area contributed by atoms with E-state index in [2.05, 4.69) is 22.4 Å². The van der Waals surface area contributed by atoms with Crippen LogP contribution >= 0.6 is 0 Å². The van der Waals surface area contributed by atoms with Gasteiger partial charge in [-0.25, -0.2) is 0 Å². The highest BCUT2D eigenvalue weighted by Crippen LogP contribution is 2.27. The summed E-state index contributed by atoms with van der Waals surface area (Å²) in [6.07, 6.45) is 4.83. The summed E-state index contributed by atoms with van der Waals surface area (Å²) in [7, 11) is 2.00. The second-order valence-corrected chi connectivity index (χ2v) is 3.67. The summed E-state index contributed by atoms with van der Waals surface area (Å²) in [4.78, 5) is 4.03. The molecular formula is C11H16N2O. The van der Waals surface area contributed by atoms with Crippen molar-refractivity contribution >= 4 is 0 Å². The van der Waals surface area contributed by atoms with E-state index in [1.54, 1.807) is 0 Å². The molecule has 2 atom stereocenters. The maximum atomic E-state index is 5.41. The van der Waals surface area contributed by atoms with Crippen molar-refractivity contribution in [1.29, 1.82) is 0 Å². The lowest BCUT2D eigenvalue weighted by Crippen LogP contribution is -2.25. The van der Waals surface area contributed by atoms with Gasteiger partial charge in [0, 0.05) is 31.0 Å².